The van der Waals surface area contributed by atoms with Crippen molar-refractivity contribution in [2.75, 3.05) is 32.7 Å². The van der Waals surface area contributed by atoms with Gasteiger partial charge in [0, 0.05) is 58.7 Å². The number of piperidine rings is 1. The van der Waals surface area contributed by atoms with Crippen molar-refractivity contribution < 1.29 is 19.5 Å². The first-order valence-corrected chi connectivity index (χ1v) is 20.3. The van der Waals surface area contributed by atoms with Crippen LogP contribution in [0.4, 0.5) is 0 Å². The van der Waals surface area contributed by atoms with Gasteiger partial charge in [0.05, 0.1) is 30.7 Å². The Hall–Kier alpha value is -4.88. The monoisotopic (exact) mass is 768 g/mol. The third kappa shape index (κ3) is 12.3. The van der Waals surface area contributed by atoms with Crippen LogP contribution in [0.25, 0.3) is 22.3 Å². The van der Waals surface area contributed by atoms with Gasteiger partial charge in [0.1, 0.15) is 5.52 Å². The summed E-state index contributed by atoms with van der Waals surface area (Å²) in [5.74, 6) is 0.199. The largest absolute Gasteiger partial charge is 0.388 e. The molecule has 4 N–H and O–H groups in total. The lowest BCUT2D eigenvalue weighted by Crippen LogP contribution is -2.49. The van der Waals surface area contributed by atoms with Gasteiger partial charge in [-0.3, -0.25) is 28.4 Å². The zero-order valence-corrected chi connectivity index (χ0v) is 33.4. The number of aromatic nitrogens is 4. The first kappa shape index (κ1) is 42.3. The molecule has 0 saturated carbocycles. The van der Waals surface area contributed by atoms with E-state index in [1.165, 1.54) is 36.6 Å². The number of fused-ring (bicyclic) bond motifs is 1. The minimum atomic E-state index is -1.14. The maximum Gasteiger partial charge on any atom is 0.281 e. The van der Waals surface area contributed by atoms with Gasteiger partial charge in [0.2, 0.25) is 17.7 Å². The molecule has 1 fully saturated rings. The van der Waals surface area contributed by atoms with E-state index in [0.29, 0.717) is 51.0 Å². The Kier molecular flexibility index (Phi) is 15.8. The molecule has 4 aromatic rings. The van der Waals surface area contributed by atoms with Crippen molar-refractivity contribution >= 4 is 28.8 Å². The third-order valence-corrected chi connectivity index (χ3v) is 10.8. The van der Waals surface area contributed by atoms with Crippen LogP contribution in [0.5, 0.6) is 0 Å². The average Bonchev–Trinajstić information content (AvgIpc) is 3.53. The number of likely N-dealkylation sites (tertiary alicyclic amines) is 1. The molecular weight excluding hydrogens is 709 g/mol. The van der Waals surface area contributed by atoms with Crippen molar-refractivity contribution in [1.29, 1.82) is 0 Å². The molecule has 0 bridgehead atoms. The van der Waals surface area contributed by atoms with Gasteiger partial charge in [-0.2, -0.15) is 5.10 Å². The predicted molar refractivity (Wildman–Crippen MR) is 219 cm³/mol. The molecule has 1 unspecified atom stereocenters. The molecule has 13 heteroatoms. The van der Waals surface area contributed by atoms with E-state index in [9.17, 15) is 24.3 Å². The summed E-state index contributed by atoms with van der Waals surface area (Å²) in [6.07, 6.45) is 11.7. The Labute approximate surface area is 330 Å². The number of nitrogens with one attached hydrogen (secondary N) is 3. The Morgan fingerprint density at radius 3 is 2.12 bits per heavy atom. The first-order valence-electron chi connectivity index (χ1n) is 20.3. The molecule has 302 valence electrons. The van der Waals surface area contributed by atoms with Crippen LogP contribution in [0.15, 0.2) is 65.7 Å². The summed E-state index contributed by atoms with van der Waals surface area (Å²) in [7, 11) is 1.79. The smallest absolute Gasteiger partial charge is 0.281 e. The molecule has 1 atom stereocenters. The lowest BCUT2D eigenvalue weighted by atomic mass is 9.90. The summed E-state index contributed by atoms with van der Waals surface area (Å²) in [6, 6.07) is 17.9. The number of nitrogens with zero attached hydrogens (tertiary/aromatic N) is 5. The lowest BCUT2D eigenvalue weighted by molar-refractivity contribution is -0.136. The Morgan fingerprint density at radius 2 is 1.48 bits per heavy atom. The Bertz CT molecular complexity index is 1930. The quantitative estimate of drug-likeness (QED) is 0.0879. The minimum Gasteiger partial charge on any atom is -0.388 e. The van der Waals surface area contributed by atoms with Crippen LogP contribution in [-0.2, 0) is 34.5 Å². The van der Waals surface area contributed by atoms with Crippen molar-refractivity contribution in [3.05, 3.63) is 82.4 Å². The second-order valence-electron chi connectivity index (χ2n) is 15.4. The number of carbonyl (C=O) groups excluding carboxylic acids is 3. The van der Waals surface area contributed by atoms with Crippen LogP contribution in [-0.4, -0.2) is 85.4 Å². The Balaban J connectivity index is 1.03. The minimum absolute atomic E-state index is 0.0178. The van der Waals surface area contributed by atoms with Crippen molar-refractivity contribution in [1.82, 2.24) is 40.2 Å². The summed E-state index contributed by atoms with van der Waals surface area (Å²) < 4.78 is 3.09. The highest BCUT2D eigenvalue weighted by molar-refractivity contribution is 5.89. The standard InChI is InChI=1S/C43H60N8O5/c1-32(35-15-11-10-12-16-35)27-38(54)50-25-21-43(56,22-26-50)30-51-31-47-39-40(42(51)55)48-49(3)41(39)36-19-17-34(18-20-36)28-44-29-37(53)46-24-14-9-7-5-4-6-8-13-23-45-33(2)52/h10-12,15-20,31-32,44,56H,4-9,13-14,21-30H2,1-3H3,(H,45,52)(H,46,53). The highest BCUT2D eigenvalue weighted by Gasteiger charge is 2.35. The summed E-state index contributed by atoms with van der Waals surface area (Å²) in [5.41, 5.74) is 3.00. The number of aliphatic hydroxyl groups is 1. The van der Waals surface area contributed by atoms with Crippen LogP contribution >= 0.6 is 0 Å². The number of hydrogen-bond donors (Lipinski definition) is 4. The van der Waals surface area contributed by atoms with E-state index in [-0.39, 0.29) is 47.8 Å². The van der Waals surface area contributed by atoms with Crippen molar-refractivity contribution in [3.8, 4) is 11.3 Å². The van der Waals surface area contributed by atoms with E-state index in [1.807, 2.05) is 59.5 Å². The van der Waals surface area contributed by atoms with Crippen LogP contribution in [0.3, 0.4) is 0 Å². The molecule has 3 heterocycles. The summed E-state index contributed by atoms with van der Waals surface area (Å²) in [6.45, 7) is 6.76. The predicted octanol–water partition coefficient (Wildman–Crippen LogP) is 4.81. The van der Waals surface area contributed by atoms with Crippen molar-refractivity contribution in [2.24, 2.45) is 7.05 Å². The molecule has 1 aliphatic heterocycles. The molecule has 1 saturated heterocycles. The van der Waals surface area contributed by atoms with Gasteiger partial charge in [0.15, 0.2) is 5.52 Å². The molecule has 56 heavy (non-hydrogen) atoms. The number of amides is 3. The van der Waals surface area contributed by atoms with Crippen LogP contribution in [0.2, 0.25) is 0 Å². The maximum atomic E-state index is 13.6. The molecule has 0 radical (unpaired) electrons. The summed E-state index contributed by atoms with van der Waals surface area (Å²) >= 11 is 0. The van der Waals surface area contributed by atoms with Gasteiger partial charge < -0.3 is 26.0 Å². The fourth-order valence-electron chi connectivity index (χ4n) is 7.44. The second-order valence-corrected chi connectivity index (χ2v) is 15.4. The molecular formula is C43H60N8O5. The Morgan fingerprint density at radius 1 is 0.857 bits per heavy atom. The van der Waals surface area contributed by atoms with E-state index in [4.69, 9.17) is 0 Å². The van der Waals surface area contributed by atoms with Gasteiger partial charge >= 0.3 is 0 Å². The van der Waals surface area contributed by atoms with Crippen LogP contribution < -0.4 is 21.5 Å². The van der Waals surface area contributed by atoms with Gasteiger partial charge in [-0.25, -0.2) is 4.98 Å². The first-order chi connectivity index (χ1) is 27.0. The van der Waals surface area contributed by atoms with Crippen LogP contribution in [0, 0.1) is 0 Å². The molecule has 0 spiro atoms. The molecule has 5 rings (SSSR count). The van der Waals surface area contributed by atoms with Gasteiger partial charge in [-0.15, -0.1) is 0 Å². The zero-order chi connectivity index (χ0) is 39.9. The van der Waals surface area contributed by atoms with E-state index >= 15 is 0 Å². The number of hydrogen-bond acceptors (Lipinski definition) is 8. The molecule has 2 aromatic carbocycles. The molecule has 3 amide bonds. The summed E-state index contributed by atoms with van der Waals surface area (Å²) in [5, 5.41) is 25.0. The number of rotatable bonds is 21. The van der Waals surface area contributed by atoms with Crippen molar-refractivity contribution in [2.45, 2.75) is 109 Å². The number of aryl methyl sites for hydroxylation is 1. The number of benzene rings is 2. The van der Waals surface area contributed by atoms with E-state index < -0.39 is 5.60 Å². The topological polar surface area (TPSA) is 163 Å². The molecule has 1 aliphatic rings. The van der Waals surface area contributed by atoms with Gasteiger partial charge in [-0.05, 0) is 42.7 Å². The van der Waals surface area contributed by atoms with Gasteiger partial charge in [0.25, 0.3) is 5.56 Å². The van der Waals surface area contributed by atoms with E-state index in [2.05, 4.69) is 33.0 Å². The molecule has 13 nitrogen and oxygen atoms in total. The zero-order valence-electron chi connectivity index (χ0n) is 33.4. The van der Waals surface area contributed by atoms with E-state index in [0.717, 1.165) is 54.6 Å². The highest BCUT2D eigenvalue weighted by Crippen LogP contribution is 2.28. The second kappa shape index (κ2) is 20.9. The van der Waals surface area contributed by atoms with E-state index in [1.54, 1.807) is 18.7 Å². The number of carbonyl (C=O) groups is 3. The fraction of sp³-hybridized carbons (Fsp3) is 0.535. The third-order valence-electron chi connectivity index (χ3n) is 10.8. The van der Waals surface area contributed by atoms with Crippen LogP contribution in [0.1, 0.15) is 102 Å². The molecule has 0 aliphatic carbocycles. The lowest BCUT2D eigenvalue weighted by Gasteiger charge is -2.38. The maximum absolute atomic E-state index is 13.6. The van der Waals surface area contributed by atoms with Crippen molar-refractivity contribution in [3.63, 3.8) is 0 Å². The SMILES string of the molecule is CC(=O)NCCCCCCCCCCNC(=O)CNCc1ccc(-c2c3ncn(CC4(O)CCN(C(=O)CC(C)c5ccccc5)CC4)c(=O)c3nn2C)cc1. The number of unbranched alkanes of at least 4 members (excludes halogenated alkanes) is 7. The highest BCUT2D eigenvalue weighted by atomic mass is 16.3. The normalized spacial score (nSPS) is 14.5. The average molecular weight is 769 g/mol. The molecule has 2 aromatic heterocycles. The van der Waals surface area contributed by atoms with Gasteiger partial charge in [-0.1, -0.05) is 100 Å². The summed E-state index contributed by atoms with van der Waals surface area (Å²) in [4.78, 5) is 56.3. The fourth-order valence-corrected chi connectivity index (χ4v) is 7.44.